The van der Waals surface area contributed by atoms with Gasteiger partial charge in [-0.1, -0.05) is 45.4 Å². The Morgan fingerprint density at radius 1 is 1.13 bits per heavy atom. The van der Waals surface area contributed by atoms with Crippen molar-refractivity contribution in [1.82, 2.24) is 0 Å². The Kier molecular flexibility index (Phi) is 5.62. The molecule has 1 fully saturated rings. The van der Waals surface area contributed by atoms with Crippen molar-refractivity contribution in [2.45, 2.75) is 70.3 Å². The third-order valence-electron chi connectivity index (χ3n) is 3.65. The minimum Gasteiger partial charge on any atom is -0.388 e. The molecule has 0 spiro atoms. The van der Waals surface area contributed by atoms with E-state index in [4.69, 9.17) is 5.73 Å². The van der Waals surface area contributed by atoms with E-state index in [0.717, 1.165) is 12.8 Å². The van der Waals surface area contributed by atoms with Gasteiger partial charge in [0.05, 0.1) is 5.60 Å². The molecule has 1 rings (SSSR count). The fourth-order valence-corrected chi connectivity index (χ4v) is 2.30. The minimum atomic E-state index is -0.523. The van der Waals surface area contributed by atoms with E-state index in [0.29, 0.717) is 12.5 Å². The van der Waals surface area contributed by atoms with Gasteiger partial charge in [0, 0.05) is 6.54 Å². The highest BCUT2D eigenvalue weighted by Crippen LogP contribution is 2.41. The van der Waals surface area contributed by atoms with E-state index in [9.17, 15) is 5.11 Å². The summed E-state index contributed by atoms with van der Waals surface area (Å²) >= 11 is 0. The van der Waals surface area contributed by atoms with Gasteiger partial charge < -0.3 is 10.8 Å². The second-order valence-corrected chi connectivity index (χ2v) is 5.10. The van der Waals surface area contributed by atoms with E-state index in [1.807, 2.05) is 0 Å². The van der Waals surface area contributed by atoms with Gasteiger partial charge in [-0.2, -0.15) is 0 Å². The standard InChI is InChI=1S/C13H27NO/c1-2-3-4-5-6-7-10-13(15,11-14)12-8-9-12/h12,15H,2-11,14H2,1H3. The smallest absolute Gasteiger partial charge is 0.0797 e. The summed E-state index contributed by atoms with van der Waals surface area (Å²) in [4.78, 5) is 0. The van der Waals surface area contributed by atoms with Crippen molar-refractivity contribution >= 4 is 0 Å². The summed E-state index contributed by atoms with van der Waals surface area (Å²) in [6.07, 6.45) is 11.0. The maximum Gasteiger partial charge on any atom is 0.0797 e. The van der Waals surface area contributed by atoms with Crippen LogP contribution in [0.5, 0.6) is 0 Å². The topological polar surface area (TPSA) is 46.2 Å². The zero-order chi connectivity index (χ0) is 11.1. The molecule has 1 aliphatic rings. The maximum absolute atomic E-state index is 10.2. The summed E-state index contributed by atoms with van der Waals surface area (Å²) < 4.78 is 0. The molecule has 0 aliphatic heterocycles. The van der Waals surface area contributed by atoms with Crippen molar-refractivity contribution in [1.29, 1.82) is 0 Å². The Morgan fingerprint density at radius 3 is 2.27 bits per heavy atom. The summed E-state index contributed by atoms with van der Waals surface area (Å²) in [6, 6.07) is 0. The highest BCUT2D eigenvalue weighted by Gasteiger charge is 2.41. The van der Waals surface area contributed by atoms with Gasteiger partial charge in [0.15, 0.2) is 0 Å². The third kappa shape index (κ3) is 4.52. The van der Waals surface area contributed by atoms with Crippen LogP contribution in [-0.2, 0) is 0 Å². The second-order valence-electron chi connectivity index (χ2n) is 5.10. The zero-order valence-electron chi connectivity index (χ0n) is 10.2. The van der Waals surface area contributed by atoms with Gasteiger partial charge in [-0.15, -0.1) is 0 Å². The first-order chi connectivity index (χ1) is 7.23. The number of unbranched alkanes of at least 4 members (excludes halogenated alkanes) is 5. The number of hydrogen-bond donors (Lipinski definition) is 2. The van der Waals surface area contributed by atoms with E-state index < -0.39 is 5.60 Å². The van der Waals surface area contributed by atoms with E-state index in [1.165, 1.54) is 44.9 Å². The van der Waals surface area contributed by atoms with Crippen molar-refractivity contribution < 1.29 is 5.11 Å². The SMILES string of the molecule is CCCCCCCCC(O)(CN)C1CC1. The Balaban J connectivity index is 2.02. The molecule has 0 bridgehead atoms. The predicted molar refractivity (Wildman–Crippen MR) is 64.7 cm³/mol. The molecule has 1 atom stereocenters. The summed E-state index contributed by atoms with van der Waals surface area (Å²) in [5, 5.41) is 10.2. The molecule has 1 aliphatic carbocycles. The molecule has 0 aromatic heterocycles. The van der Waals surface area contributed by atoms with Crippen LogP contribution in [0.1, 0.15) is 64.7 Å². The molecular formula is C13H27NO. The first-order valence-electron chi connectivity index (χ1n) is 6.65. The molecule has 1 saturated carbocycles. The lowest BCUT2D eigenvalue weighted by Gasteiger charge is -2.26. The van der Waals surface area contributed by atoms with Gasteiger partial charge in [0.25, 0.3) is 0 Å². The maximum atomic E-state index is 10.2. The molecule has 0 radical (unpaired) electrons. The van der Waals surface area contributed by atoms with Crippen molar-refractivity contribution in [2.24, 2.45) is 11.7 Å². The van der Waals surface area contributed by atoms with E-state index in [1.54, 1.807) is 0 Å². The van der Waals surface area contributed by atoms with Crippen molar-refractivity contribution in [2.75, 3.05) is 6.54 Å². The van der Waals surface area contributed by atoms with Crippen LogP contribution >= 0.6 is 0 Å². The quantitative estimate of drug-likeness (QED) is 0.579. The van der Waals surface area contributed by atoms with Crippen LogP contribution in [0.4, 0.5) is 0 Å². The van der Waals surface area contributed by atoms with Crippen LogP contribution in [0, 0.1) is 5.92 Å². The van der Waals surface area contributed by atoms with Gasteiger partial charge in [-0.3, -0.25) is 0 Å². The second kappa shape index (κ2) is 6.49. The minimum absolute atomic E-state index is 0.451. The monoisotopic (exact) mass is 213 g/mol. The molecule has 0 amide bonds. The molecule has 90 valence electrons. The van der Waals surface area contributed by atoms with Crippen LogP contribution in [0.3, 0.4) is 0 Å². The Morgan fingerprint density at radius 2 is 1.73 bits per heavy atom. The van der Waals surface area contributed by atoms with Gasteiger partial charge in [-0.05, 0) is 25.2 Å². The fourth-order valence-electron chi connectivity index (χ4n) is 2.30. The number of nitrogens with two attached hydrogens (primary N) is 1. The number of hydrogen-bond acceptors (Lipinski definition) is 2. The third-order valence-corrected chi connectivity index (χ3v) is 3.65. The molecule has 2 nitrogen and oxygen atoms in total. The largest absolute Gasteiger partial charge is 0.388 e. The van der Waals surface area contributed by atoms with Gasteiger partial charge >= 0.3 is 0 Å². The molecular weight excluding hydrogens is 186 g/mol. The molecule has 2 heteroatoms. The first kappa shape index (κ1) is 13.0. The lowest BCUT2D eigenvalue weighted by Crippen LogP contribution is -2.39. The van der Waals surface area contributed by atoms with Crippen molar-refractivity contribution in [3.63, 3.8) is 0 Å². The molecule has 15 heavy (non-hydrogen) atoms. The van der Waals surface area contributed by atoms with E-state index in [2.05, 4.69) is 6.92 Å². The Labute approximate surface area is 94.2 Å². The van der Waals surface area contributed by atoms with E-state index >= 15 is 0 Å². The van der Waals surface area contributed by atoms with E-state index in [-0.39, 0.29) is 0 Å². The van der Waals surface area contributed by atoms with Gasteiger partial charge in [0.2, 0.25) is 0 Å². The predicted octanol–water partition coefficient (Wildman–Crippen LogP) is 2.84. The zero-order valence-corrected chi connectivity index (χ0v) is 10.2. The highest BCUT2D eigenvalue weighted by atomic mass is 16.3. The summed E-state index contributed by atoms with van der Waals surface area (Å²) in [5.74, 6) is 0.512. The highest BCUT2D eigenvalue weighted by molar-refractivity contribution is 4.95. The van der Waals surface area contributed by atoms with Crippen LogP contribution in [0.2, 0.25) is 0 Å². The number of aliphatic hydroxyl groups is 1. The summed E-state index contributed by atoms with van der Waals surface area (Å²) in [6.45, 7) is 2.69. The summed E-state index contributed by atoms with van der Waals surface area (Å²) in [7, 11) is 0. The van der Waals surface area contributed by atoms with Crippen LogP contribution in [-0.4, -0.2) is 17.3 Å². The van der Waals surface area contributed by atoms with Gasteiger partial charge in [-0.25, -0.2) is 0 Å². The fraction of sp³-hybridized carbons (Fsp3) is 1.00. The van der Waals surface area contributed by atoms with Crippen LogP contribution in [0.25, 0.3) is 0 Å². The Bertz CT molecular complexity index is 168. The van der Waals surface area contributed by atoms with Crippen LogP contribution < -0.4 is 5.73 Å². The van der Waals surface area contributed by atoms with Crippen molar-refractivity contribution in [3.05, 3.63) is 0 Å². The lowest BCUT2D eigenvalue weighted by atomic mass is 9.91. The molecule has 1 unspecified atom stereocenters. The molecule has 0 aromatic carbocycles. The first-order valence-corrected chi connectivity index (χ1v) is 6.65. The molecule has 3 N–H and O–H groups in total. The lowest BCUT2D eigenvalue weighted by molar-refractivity contribution is 0.0154. The normalized spacial score (nSPS) is 20.2. The molecule has 0 heterocycles. The molecule has 0 aromatic rings. The number of rotatable bonds is 9. The average molecular weight is 213 g/mol. The average Bonchev–Trinajstić information content (AvgIpc) is 3.07. The van der Waals surface area contributed by atoms with Crippen molar-refractivity contribution in [3.8, 4) is 0 Å². The Hall–Kier alpha value is -0.0800. The van der Waals surface area contributed by atoms with Gasteiger partial charge in [0.1, 0.15) is 0 Å². The van der Waals surface area contributed by atoms with Crippen LogP contribution in [0.15, 0.2) is 0 Å². The summed E-state index contributed by atoms with van der Waals surface area (Å²) in [5.41, 5.74) is 5.14. The molecule has 0 saturated heterocycles.